The van der Waals surface area contributed by atoms with E-state index in [1.165, 1.54) is 11.8 Å². The van der Waals surface area contributed by atoms with Crippen LogP contribution in [0.3, 0.4) is 0 Å². The fraction of sp³-hybridized carbons (Fsp3) is 0.318. The van der Waals surface area contributed by atoms with Gasteiger partial charge in [-0.3, -0.25) is 4.79 Å². The van der Waals surface area contributed by atoms with Crippen LogP contribution < -0.4 is 14.4 Å². The van der Waals surface area contributed by atoms with Gasteiger partial charge in [0.25, 0.3) is 0 Å². The molecule has 3 aromatic rings. The van der Waals surface area contributed by atoms with Crippen LogP contribution in [0.5, 0.6) is 11.5 Å². The number of pyridine rings is 1. The third-order valence-electron chi connectivity index (χ3n) is 5.01. The van der Waals surface area contributed by atoms with E-state index in [2.05, 4.69) is 9.97 Å². The summed E-state index contributed by atoms with van der Waals surface area (Å²) in [6.45, 7) is 6.16. The lowest BCUT2D eigenvalue weighted by atomic mass is 10.2. The summed E-state index contributed by atoms with van der Waals surface area (Å²) in [5.41, 5.74) is 4.32. The number of rotatable bonds is 5. The Labute approximate surface area is 179 Å². The van der Waals surface area contributed by atoms with Crippen LogP contribution in [0, 0.1) is 20.8 Å². The number of hydrogen-bond donors (Lipinski definition) is 0. The molecule has 0 spiro atoms. The average Bonchev–Trinajstić information content (AvgIpc) is 3.09. The Morgan fingerprint density at radius 3 is 2.60 bits per heavy atom. The van der Waals surface area contributed by atoms with Crippen molar-refractivity contribution in [3.63, 3.8) is 0 Å². The molecule has 2 aromatic heterocycles. The standard InChI is InChI=1S/C22H23N3O4S/c1-12-8-13(2)23-22-20(12)25(19(26)11-30-22)10-16-14(3)29-21(24-16)15-6-7-17(27-4)18(9-15)28-5/h6-9H,10-11H2,1-5H3. The quantitative estimate of drug-likeness (QED) is 0.602. The highest BCUT2D eigenvalue weighted by molar-refractivity contribution is 8.00. The van der Waals surface area contributed by atoms with Crippen molar-refractivity contribution in [2.75, 3.05) is 24.9 Å². The van der Waals surface area contributed by atoms with Crippen LogP contribution in [0.15, 0.2) is 33.7 Å². The number of methoxy groups -OCH3 is 2. The normalized spacial score (nSPS) is 13.4. The monoisotopic (exact) mass is 425 g/mol. The summed E-state index contributed by atoms with van der Waals surface area (Å²) in [6.07, 6.45) is 0. The molecule has 0 bridgehead atoms. The largest absolute Gasteiger partial charge is 0.493 e. The summed E-state index contributed by atoms with van der Waals surface area (Å²) in [7, 11) is 3.18. The molecule has 0 aliphatic carbocycles. The number of carbonyl (C=O) groups excluding carboxylic acids is 1. The van der Waals surface area contributed by atoms with Gasteiger partial charge < -0.3 is 18.8 Å². The van der Waals surface area contributed by atoms with Gasteiger partial charge in [0.2, 0.25) is 11.8 Å². The molecule has 30 heavy (non-hydrogen) atoms. The Hall–Kier alpha value is -3.00. The SMILES string of the molecule is COc1ccc(-c2nc(CN3C(=O)CSc4nc(C)cc(C)c43)c(C)o2)cc1OC. The maximum absolute atomic E-state index is 12.7. The van der Waals surface area contributed by atoms with Crippen LogP contribution in [0.1, 0.15) is 22.7 Å². The van der Waals surface area contributed by atoms with E-state index in [-0.39, 0.29) is 5.91 Å². The number of nitrogens with zero attached hydrogens (tertiary/aromatic N) is 3. The third-order valence-corrected chi connectivity index (χ3v) is 5.96. The number of carbonyl (C=O) groups is 1. The Balaban J connectivity index is 1.68. The minimum absolute atomic E-state index is 0.0383. The molecule has 0 unspecified atom stereocenters. The van der Waals surface area contributed by atoms with Crippen LogP contribution in [0.2, 0.25) is 0 Å². The molecule has 0 N–H and O–H groups in total. The highest BCUT2D eigenvalue weighted by atomic mass is 32.2. The third kappa shape index (κ3) is 3.63. The van der Waals surface area contributed by atoms with Crippen LogP contribution in [0.4, 0.5) is 5.69 Å². The van der Waals surface area contributed by atoms with Crippen molar-refractivity contribution in [2.45, 2.75) is 32.3 Å². The fourth-order valence-electron chi connectivity index (χ4n) is 3.54. The molecule has 4 rings (SSSR count). The van der Waals surface area contributed by atoms with Crippen molar-refractivity contribution in [1.29, 1.82) is 0 Å². The fourth-order valence-corrected chi connectivity index (χ4v) is 4.57. The van der Waals surface area contributed by atoms with Gasteiger partial charge in [0.05, 0.1) is 32.2 Å². The van der Waals surface area contributed by atoms with Gasteiger partial charge in [-0.1, -0.05) is 11.8 Å². The molecule has 1 aliphatic heterocycles. The predicted octanol–water partition coefficient (Wildman–Crippen LogP) is 4.32. The topological polar surface area (TPSA) is 77.7 Å². The van der Waals surface area contributed by atoms with Crippen molar-refractivity contribution < 1.29 is 18.7 Å². The predicted molar refractivity (Wildman–Crippen MR) is 115 cm³/mol. The van der Waals surface area contributed by atoms with Crippen LogP contribution in [-0.4, -0.2) is 35.8 Å². The summed E-state index contributed by atoms with van der Waals surface area (Å²) in [5.74, 6) is 2.78. The number of oxazole rings is 1. The summed E-state index contributed by atoms with van der Waals surface area (Å²) in [5, 5.41) is 0.883. The zero-order valence-electron chi connectivity index (χ0n) is 17.6. The van der Waals surface area contributed by atoms with Gasteiger partial charge >= 0.3 is 0 Å². The van der Waals surface area contributed by atoms with Crippen molar-refractivity contribution >= 4 is 23.4 Å². The number of fused-ring (bicyclic) bond motifs is 1. The highest BCUT2D eigenvalue weighted by Gasteiger charge is 2.29. The number of thioether (sulfide) groups is 1. The van der Waals surface area contributed by atoms with E-state index in [0.717, 1.165) is 27.5 Å². The van der Waals surface area contributed by atoms with E-state index in [9.17, 15) is 4.79 Å². The van der Waals surface area contributed by atoms with E-state index in [0.29, 0.717) is 41.1 Å². The van der Waals surface area contributed by atoms with E-state index in [4.69, 9.17) is 13.9 Å². The average molecular weight is 426 g/mol. The first-order valence-corrected chi connectivity index (χ1v) is 10.5. The Morgan fingerprint density at radius 2 is 1.87 bits per heavy atom. The maximum atomic E-state index is 12.7. The molecule has 156 valence electrons. The van der Waals surface area contributed by atoms with Gasteiger partial charge in [0.1, 0.15) is 16.5 Å². The molecule has 0 saturated carbocycles. The van der Waals surface area contributed by atoms with Crippen molar-refractivity contribution in [3.05, 3.63) is 47.0 Å². The Morgan fingerprint density at radius 1 is 1.10 bits per heavy atom. The summed E-state index contributed by atoms with van der Waals surface area (Å²) < 4.78 is 16.6. The van der Waals surface area contributed by atoms with Gasteiger partial charge in [-0.2, -0.15) is 0 Å². The first kappa shape index (κ1) is 20.3. The molecule has 0 fully saturated rings. The lowest BCUT2D eigenvalue weighted by molar-refractivity contribution is -0.116. The van der Waals surface area contributed by atoms with Gasteiger partial charge in [0.15, 0.2) is 11.5 Å². The summed E-state index contributed by atoms with van der Waals surface area (Å²) >= 11 is 1.48. The van der Waals surface area contributed by atoms with E-state index >= 15 is 0 Å². The maximum Gasteiger partial charge on any atom is 0.237 e. The molecule has 0 saturated heterocycles. The molecule has 1 aromatic carbocycles. The molecular weight excluding hydrogens is 402 g/mol. The molecule has 0 atom stereocenters. The lowest BCUT2D eigenvalue weighted by Crippen LogP contribution is -2.36. The van der Waals surface area contributed by atoms with Gasteiger partial charge in [-0.15, -0.1) is 0 Å². The van der Waals surface area contributed by atoms with Crippen molar-refractivity contribution in [2.24, 2.45) is 0 Å². The summed E-state index contributed by atoms with van der Waals surface area (Å²) in [6, 6.07) is 7.50. The second-order valence-corrected chi connectivity index (χ2v) is 8.06. The highest BCUT2D eigenvalue weighted by Crippen LogP contribution is 2.38. The minimum Gasteiger partial charge on any atom is -0.493 e. The zero-order valence-corrected chi connectivity index (χ0v) is 18.4. The molecule has 0 radical (unpaired) electrons. The number of anilines is 1. The molecule has 7 nitrogen and oxygen atoms in total. The molecule has 1 aliphatic rings. The van der Waals surface area contributed by atoms with E-state index < -0.39 is 0 Å². The smallest absolute Gasteiger partial charge is 0.237 e. The van der Waals surface area contributed by atoms with Crippen LogP contribution in [-0.2, 0) is 11.3 Å². The number of ether oxygens (including phenoxy) is 2. The summed E-state index contributed by atoms with van der Waals surface area (Å²) in [4.78, 5) is 23.8. The Bertz CT molecular complexity index is 1130. The second-order valence-electron chi connectivity index (χ2n) is 7.09. The molecule has 8 heteroatoms. The zero-order chi connectivity index (χ0) is 21.4. The number of amides is 1. The minimum atomic E-state index is 0.0383. The number of hydrogen-bond acceptors (Lipinski definition) is 7. The number of benzene rings is 1. The number of aryl methyl sites for hydroxylation is 3. The van der Waals surface area contributed by atoms with Crippen LogP contribution in [0.25, 0.3) is 11.5 Å². The van der Waals surface area contributed by atoms with E-state index in [1.807, 2.05) is 45.0 Å². The molecule has 1 amide bonds. The van der Waals surface area contributed by atoms with Crippen molar-refractivity contribution in [3.8, 4) is 23.0 Å². The molecule has 3 heterocycles. The van der Waals surface area contributed by atoms with E-state index in [1.54, 1.807) is 19.1 Å². The van der Waals surface area contributed by atoms with Crippen LogP contribution >= 0.6 is 11.8 Å². The first-order valence-electron chi connectivity index (χ1n) is 9.51. The Kier molecular flexibility index (Phi) is 5.42. The van der Waals surface area contributed by atoms with Gasteiger partial charge in [0, 0.05) is 11.3 Å². The second kappa shape index (κ2) is 8.02. The van der Waals surface area contributed by atoms with Crippen molar-refractivity contribution in [1.82, 2.24) is 9.97 Å². The van der Waals surface area contributed by atoms with Gasteiger partial charge in [-0.05, 0) is 50.6 Å². The first-order chi connectivity index (χ1) is 14.4. The number of aromatic nitrogens is 2. The molecular formula is C22H23N3O4S. The lowest BCUT2D eigenvalue weighted by Gasteiger charge is -2.29. The van der Waals surface area contributed by atoms with Gasteiger partial charge in [-0.25, -0.2) is 9.97 Å².